The summed E-state index contributed by atoms with van der Waals surface area (Å²) >= 11 is 0. The lowest BCUT2D eigenvalue weighted by Crippen LogP contribution is -2.24. The number of hydrogen-bond acceptors (Lipinski definition) is 5. The molecule has 18 heavy (non-hydrogen) atoms. The molecule has 1 aliphatic carbocycles. The Morgan fingerprint density at radius 1 is 1.22 bits per heavy atom. The van der Waals surface area contributed by atoms with Crippen molar-refractivity contribution >= 4 is 6.01 Å². The van der Waals surface area contributed by atoms with Gasteiger partial charge in [0.05, 0.1) is 6.54 Å². The first kappa shape index (κ1) is 13.3. The van der Waals surface area contributed by atoms with Crippen molar-refractivity contribution in [1.29, 1.82) is 0 Å². The molecule has 1 aliphatic rings. The number of nitrogens with zero attached hydrogens (tertiary/aromatic N) is 2. The number of rotatable bonds is 6. The molecule has 2 N–H and O–H groups in total. The Morgan fingerprint density at radius 3 is 2.61 bits per heavy atom. The van der Waals surface area contributed by atoms with Crippen LogP contribution in [-0.4, -0.2) is 22.3 Å². The highest BCUT2D eigenvalue weighted by Crippen LogP contribution is 2.28. The Balaban J connectivity index is 1.82. The standard InChI is InChI=1S/C13H24N4O/c1-9(2)14-8-12-16-17-13(18-12)15-10(3)11-6-4-5-7-11/h9-11,14H,4-8H2,1-3H3,(H,15,17). The fraction of sp³-hybridized carbons (Fsp3) is 0.846. The zero-order valence-electron chi connectivity index (χ0n) is 11.6. The van der Waals surface area contributed by atoms with Gasteiger partial charge in [0.25, 0.3) is 0 Å². The summed E-state index contributed by atoms with van der Waals surface area (Å²) in [6, 6.07) is 1.39. The van der Waals surface area contributed by atoms with Gasteiger partial charge in [-0.15, -0.1) is 5.10 Å². The first-order valence-corrected chi connectivity index (χ1v) is 6.97. The van der Waals surface area contributed by atoms with Gasteiger partial charge < -0.3 is 15.1 Å². The fourth-order valence-electron chi connectivity index (χ4n) is 2.44. The van der Waals surface area contributed by atoms with Gasteiger partial charge in [0.15, 0.2) is 0 Å². The van der Waals surface area contributed by atoms with Gasteiger partial charge in [0.2, 0.25) is 5.89 Å². The minimum atomic E-state index is 0.416. The van der Waals surface area contributed by atoms with Crippen LogP contribution in [0.2, 0.25) is 0 Å². The van der Waals surface area contributed by atoms with Crippen molar-refractivity contribution in [3.8, 4) is 0 Å². The van der Waals surface area contributed by atoms with Crippen LogP contribution in [0.1, 0.15) is 52.3 Å². The Kier molecular flexibility index (Phi) is 4.58. The molecule has 0 radical (unpaired) electrons. The molecule has 0 bridgehead atoms. The van der Waals surface area contributed by atoms with Gasteiger partial charge in [-0.2, -0.15) is 0 Å². The third-order valence-electron chi connectivity index (χ3n) is 3.59. The normalized spacial score (nSPS) is 18.4. The molecule has 0 aromatic carbocycles. The van der Waals surface area contributed by atoms with E-state index in [1.807, 2.05) is 0 Å². The van der Waals surface area contributed by atoms with Crippen molar-refractivity contribution in [2.24, 2.45) is 5.92 Å². The van der Waals surface area contributed by atoms with Crippen molar-refractivity contribution in [3.63, 3.8) is 0 Å². The number of nitrogens with one attached hydrogen (secondary N) is 2. The van der Waals surface area contributed by atoms with E-state index in [0.29, 0.717) is 30.5 Å². The largest absolute Gasteiger partial charge is 0.407 e. The van der Waals surface area contributed by atoms with Gasteiger partial charge in [0.1, 0.15) is 0 Å². The molecule has 1 aromatic heterocycles. The third kappa shape index (κ3) is 3.70. The lowest BCUT2D eigenvalue weighted by Gasteiger charge is -2.18. The first-order valence-electron chi connectivity index (χ1n) is 6.97. The minimum Gasteiger partial charge on any atom is -0.407 e. The minimum absolute atomic E-state index is 0.416. The monoisotopic (exact) mass is 252 g/mol. The molecule has 0 saturated heterocycles. The second-order valence-electron chi connectivity index (χ2n) is 5.51. The maximum atomic E-state index is 5.57. The van der Waals surface area contributed by atoms with Crippen molar-refractivity contribution < 1.29 is 4.42 Å². The van der Waals surface area contributed by atoms with Gasteiger partial charge in [-0.25, -0.2) is 0 Å². The molecule has 102 valence electrons. The van der Waals surface area contributed by atoms with Crippen LogP contribution >= 0.6 is 0 Å². The number of anilines is 1. The molecule has 5 heteroatoms. The molecule has 1 heterocycles. The van der Waals surface area contributed by atoms with E-state index >= 15 is 0 Å². The van der Waals surface area contributed by atoms with Crippen LogP contribution in [-0.2, 0) is 6.54 Å². The predicted molar refractivity (Wildman–Crippen MR) is 71.3 cm³/mol. The average Bonchev–Trinajstić information content (AvgIpc) is 2.97. The van der Waals surface area contributed by atoms with Crippen LogP contribution in [0.3, 0.4) is 0 Å². The summed E-state index contributed by atoms with van der Waals surface area (Å²) in [5.74, 6) is 1.39. The maximum absolute atomic E-state index is 5.57. The van der Waals surface area contributed by atoms with Gasteiger partial charge in [-0.05, 0) is 25.7 Å². The van der Waals surface area contributed by atoms with Crippen LogP contribution in [0.4, 0.5) is 6.01 Å². The second-order valence-corrected chi connectivity index (χ2v) is 5.51. The highest BCUT2D eigenvalue weighted by atomic mass is 16.4. The molecular formula is C13H24N4O. The maximum Gasteiger partial charge on any atom is 0.315 e. The smallest absolute Gasteiger partial charge is 0.315 e. The molecule has 0 amide bonds. The lowest BCUT2D eigenvalue weighted by atomic mass is 10.0. The van der Waals surface area contributed by atoms with Gasteiger partial charge in [0, 0.05) is 12.1 Å². The van der Waals surface area contributed by atoms with Crippen LogP contribution in [0.5, 0.6) is 0 Å². The quantitative estimate of drug-likeness (QED) is 0.814. The van der Waals surface area contributed by atoms with E-state index in [0.717, 1.165) is 5.92 Å². The molecule has 1 aromatic rings. The molecule has 1 atom stereocenters. The summed E-state index contributed by atoms with van der Waals surface area (Å²) in [4.78, 5) is 0. The molecular weight excluding hydrogens is 228 g/mol. The average molecular weight is 252 g/mol. The number of hydrogen-bond donors (Lipinski definition) is 2. The lowest BCUT2D eigenvalue weighted by molar-refractivity contribution is 0.436. The summed E-state index contributed by atoms with van der Waals surface area (Å²) < 4.78 is 5.57. The van der Waals surface area contributed by atoms with Gasteiger partial charge >= 0.3 is 6.01 Å². The molecule has 5 nitrogen and oxygen atoms in total. The highest BCUT2D eigenvalue weighted by molar-refractivity contribution is 5.19. The molecule has 1 unspecified atom stereocenters. The molecule has 1 saturated carbocycles. The third-order valence-corrected chi connectivity index (χ3v) is 3.59. The van der Waals surface area contributed by atoms with Crippen molar-refractivity contribution in [2.75, 3.05) is 5.32 Å². The predicted octanol–water partition coefficient (Wildman–Crippen LogP) is 2.56. The van der Waals surface area contributed by atoms with E-state index in [1.165, 1.54) is 25.7 Å². The Hall–Kier alpha value is -1.10. The zero-order valence-corrected chi connectivity index (χ0v) is 11.6. The molecule has 0 aliphatic heterocycles. The van der Waals surface area contributed by atoms with E-state index in [1.54, 1.807) is 0 Å². The summed E-state index contributed by atoms with van der Waals surface area (Å²) in [5.41, 5.74) is 0. The SMILES string of the molecule is CC(C)NCc1nnc(NC(C)C2CCCC2)o1. The second kappa shape index (κ2) is 6.18. The summed E-state index contributed by atoms with van der Waals surface area (Å²) in [6.45, 7) is 7.02. The van der Waals surface area contributed by atoms with E-state index in [2.05, 4.69) is 41.6 Å². The summed E-state index contributed by atoms with van der Waals surface area (Å²) in [7, 11) is 0. The van der Waals surface area contributed by atoms with Crippen LogP contribution in [0.25, 0.3) is 0 Å². The Bertz CT molecular complexity index is 358. The van der Waals surface area contributed by atoms with Gasteiger partial charge in [-0.1, -0.05) is 31.8 Å². The topological polar surface area (TPSA) is 63.0 Å². The van der Waals surface area contributed by atoms with Crippen LogP contribution in [0.15, 0.2) is 4.42 Å². The molecule has 1 fully saturated rings. The zero-order chi connectivity index (χ0) is 13.0. The molecule has 2 rings (SSSR count). The Labute approximate surface area is 109 Å². The van der Waals surface area contributed by atoms with E-state index in [-0.39, 0.29) is 0 Å². The number of aromatic nitrogens is 2. The van der Waals surface area contributed by atoms with Crippen LogP contribution in [0, 0.1) is 5.92 Å². The fourth-order valence-corrected chi connectivity index (χ4v) is 2.44. The van der Waals surface area contributed by atoms with Crippen molar-refractivity contribution in [1.82, 2.24) is 15.5 Å². The van der Waals surface area contributed by atoms with E-state index in [9.17, 15) is 0 Å². The Morgan fingerprint density at radius 2 is 1.94 bits per heavy atom. The summed E-state index contributed by atoms with van der Waals surface area (Å²) in [6.07, 6.45) is 5.32. The highest BCUT2D eigenvalue weighted by Gasteiger charge is 2.22. The van der Waals surface area contributed by atoms with E-state index in [4.69, 9.17) is 4.42 Å². The first-order chi connectivity index (χ1) is 8.65. The van der Waals surface area contributed by atoms with Crippen molar-refractivity contribution in [3.05, 3.63) is 5.89 Å². The summed E-state index contributed by atoms with van der Waals surface area (Å²) in [5, 5.41) is 14.6. The van der Waals surface area contributed by atoms with Crippen molar-refractivity contribution in [2.45, 2.75) is 65.1 Å². The van der Waals surface area contributed by atoms with Gasteiger partial charge in [-0.3, -0.25) is 0 Å². The van der Waals surface area contributed by atoms with E-state index < -0.39 is 0 Å². The van der Waals surface area contributed by atoms with Crippen LogP contribution < -0.4 is 10.6 Å². The molecule has 0 spiro atoms.